The van der Waals surface area contributed by atoms with Crippen LogP contribution >= 0.6 is 47.2 Å². The van der Waals surface area contributed by atoms with Crippen LogP contribution in [-0.2, 0) is 9.59 Å². The normalized spacial score (nSPS) is 31.2. The average Bonchev–Trinajstić information content (AvgIpc) is 3.02. The number of halogens is 2. The molecule has 7 rings (SSSR count). The molecule has 2 heterocycles. The van der Waals surface area contributed by atoms with Crippen molar-refractivity contribution in [1.82, 2.24) is 10.4 Å². The maximum Gasteiger partial charge on any atom is 0.285 e. The molecule has 1 saturated heterocycles. The van der Waals surface area contributed by atoms with Crippen molar-refractivity contribution in [2.24, 2.45) is 23.2 Å². The smallest absolute Gasteiger partial charge is 0.285 e. The first-order valence-electron chi connectivity index (χ1n) is 11.2. The van der Waals surface area contributed by atoms with Crippen LogP contribution in [0, 0.1) is 23.2 Å². The second-order valence-electron chi connectivity index (χ2n) is 9.94. The Morgan fingerprint density at radius 1 is 1.15 bits per heavy atom. The number of thioether (sulfide) groups is 1. The van der Waals surface area contributed by atoms with E-state index in [9.17, 15) is 14.4 Å². The third kappa shape index (κ3) is 3.61. The van der Waals surface area contributed by atoms with Crippen LogP contribution in [0.4, 0.5) is 0 Å². The highest BCUT2D eigenvalue weighted by atomic mass is 35.5. The summed E-state index contributed by atoms with van der Waals surface area (Å²) >= 11 is 18.6. The van der Waals surface area contributed by atoms with Crippen LogP contribution in [0.15, 0.2) is 32.5 Å². The molecular weight excluding hydrogens is 515 g/mol. The van der Waals surface area contributed by atoms with Gasteiger partial charge in [-0.3, -0.25) is 19.8 Å². The predicted octanol–water partition coefficient (Wildman–Crippen LogP) is 5.55. The highest BCUT2D eigenvalue weighted by Crippen LogP contribution is 2.60. The van der Waals surface area contributed by atoms with Gasteiger partial charge in [-0.2, -0.15) is 5.01 Å². The molecule has 6 nitrogen and oxygen atoms in total. The van der Waals surface area contributed by atoms with Crippen molar-refractivity contribution in [2.45, 2.75) is 38.5 Å². The minimum atomic E-state index is -0.461. The second kappa shape index (κ2) is 8.08. The number of fused-ring (bicyclic) bond motifs is 1. The Bertz CT molecular complexity index is 1330. The molecule has 4 aliphatic carbocycles. The number of carbonyl (C=O) groups is 2. The number of hydrogen-bond donors (Lipinski definition) is 1. The van der Waals surface area contributed by atoms with E-state index in [2.05, 4.69) is 5.43 Å². The van der Waals surface area contributed by atoms with Crippen molar-refractivity contribution in [3.63, 3.8) is 0 Å². The molecule has 34 heavy (non-hydrogen) atoms. The fraction of sp³-hybridized carbons (Fsp3) is 0.417. The zero-order valence-electron chi connectivity index (χ0n) is 17.9. The summed E-state index contributed by atoms with van der Waals surface area (Å²) in [5.74, 6) is 1.25. The van der Waals surface area contributed by atoms with Gasteiger partial charge < -0.3 is 4.42 Å². The van der Waals surface area contributed by atoms with Gasteiger partial charge in [0, 0.05) is 5.02 Å². The molecule has 4 saturated carbocycles. The summed E-state index contributed by atoms with van der Waals surface area (Å²) in [6, 6.07) is 2.97. The van der Waals surface area contributed by atoms with Gasteiger partial charge in [0.05, 0.1) is 26.3 Å². The molecule has 1 aliphatic heterocycles. The van der Waals surface area contributed by atoms with Gasteiger partial charge in [0.25, 0.3) is 5.91 Å². The second-order valence-corrected chi connectivity index (χ2v) is 12.5. The van der Waals surface area contributed by atoms with E-state index in [1.165, 1.54) is 43.7 Å². The molecule has 1 N–H and O–H groups in total. The van der Waals surface area contributed by atoms with Crippen LogP contribution in [0.5, 0.6) is 0 Å². The van der Waals surface area contributed by atoms with Crippen LogP contribution in [0.2, 0.25) is 10.0 Å². The van der Waals surface area contributed by atoms with E-state index in [1.807, 2.05) is 0 Å². The van der Waals surface area contributed by atoms with E-state index in [0.717, 1.165) is 36.0 Å². The molecule has 0 spiro atoms. The summed E-state index contributed by atoms with van der Waals surface area (Å²) in [4.78, 5) is 39.7. The first-order chi connectivity index (χ1) is 16.2. The Labute approximate surface area is 215 Å². The van der Waals surface area contributed by atoms with Gasteiger partial charge in [0.1, 0.15) is 6.26 Å². The Balaban J connectivity index is 1.26. The molecule has 5 aliphatic rings. The summed E-state index contributed by atoms with van der Waals surface area (Å²) in [6.07, 6.45) is 9.01. The number of thiocarbonyl (C=S) groups is 1. The zero-order chi connectivity index (χ0) is 23.8. The fourth-order valence-electron chi connectivity index (χ4n) is 6.59. The summed E-state index contributed by atoms with van der Waals surface area (Å²) in [7, 11) is 0. The number of hydrogen-bond acceptors (Lipinski definition) is 6. The third-order valence-corrected chi connectivity index (χ3v) is 9.43. The summed E-state index contributed by atoms with van der Waals surface area (Å²) in [6.45, 7) is 0. The Hall–Kier alpha value is -1.87. The molecule has 4 bridgehead atoms. The topological polar surface area (TPSA) is 79.6 Å². The highest BCUT2D eigenvalue weighted by Gasteiger charge is 2.55. The van der Waals surface area contributed by atoms with Gasteiger partial charge in [0.2, 0.25) is 5.91 Å². The van der Waals surface area contributed by atoms with Crippen molar-refractivity contribution in [3.05, 3.63) is 49.1 Å². The molecule has 0 radical (unpaired) electrons. The van der Waals surface area contributed by atoms with E-state index in [-0.39, 0.29) is 42.1 Å². The minimum Gasteiger partial charge on any atom is -0.462 e. The van der Waals surface area contributed by atoms with E-state index in [1.54, 1.807) is 0 Å². The number of carbonyl (C=O) groups excluding carboxylic acids is 2. The lowest BCUT2D eigenvalue weighted by Gasteiger charge is -2.55. The maximum absolute atomic E-state index is 13.4. The largest absolute Gasteiger partial charge is 0.462 e. The van der Waals surface area contributed by atoms with Gasteiger partial charge in [0.15, 0.2) is 15.3 Å². The standard InChI is InChI=1S/C24H20Cl2N2O4S2/c25-15-5-16-19(29)14(10-32-20(16)17(26)6-15)4-18-21(30)28(23(33)34-18)27-22(31)24-7-11-1-12(8-24)3-13(2-11)9-24/h4-6,10-13H,1-3,7-9H2,(H,27,31)/b18-4-. The van der Waals surface area contributed by atoms with Gasteiger partial charge in [-0.15, -0.1) is 0 Å². The van der Waals surface area contributed by atoms with Crippen molar-refractivity contribution in [1.29, 1.82) is 0 Å². The molecule has 5 fully saturated rings. The molecule has 10 heteroatoms. The fourth-order valence-corrected chi connectivity index (χ4v) is 8.30. The zero-order valence-corrected chi connectivity index (χ0v) is 21.1. The summed E-state index contributed by atoms with van der Waals surface area (Å²) in [5.41, 5.74) is 2.44. The van der Waals surface area contributed by atoms with Gasteiger partial charge >= 0.3 is 0 Å². The molecule has 2 amide bonds. The van der Waals surface area contributed by atoms with E-state index < -0.39 is 11.3 Å². The molecule has 1 aromatic heterocycles. The first kappa shape index (κ1) is 22.6. The van der Waals surface area contributed by atoms with E-state index in [0.29, 0.717) is 22.8 Å². The Morgan fingerprint density at radius 2 is 1.79 bits per heavy atom. The molecule has 0 unspecified atom stereocenters. The number of benzene rings is 1. The summed E-state index contributed by atoms with van der Waals surface area (Å²) < 4.78 is 5.77. The number of hydrazine groups is 1. The molecule has 0 atom stereocenters. The Kier molecular flexibility index (Phi) is 5.37. The lowest BCUT2D eigenvalue weighted by molar-refractivity contribution is -0.152. The molecule has 1 aromatic carbocycles. The molecule has 2 aromatic rings. The van der Waals surface area contributed by atoms with Crippen molar-refractivity contribution >= 4 is 80.4 Å². The maximum atomic E-state index is 13.4. The average molecular weight is 535 g/mol. The van der Waals surface area contributed by atoms with Crippen molar-refractivity contribution < 1.29 is 14.0 Å². The first-order valence-corrected chi connectivity index (χ1v) is 13.2. The van der Waals surface area contributed by atoms with Gasteiger partial charge in [-0.1, -0.05) is 35.0 Å². The van der Waals surface area contributed by atoms with E-state index in [4.69, 9.17) is 39.8 Å². The molecular formula is C24H20Cl2N2O4S2. The lowest BCUT2D eigenvalue weighted by Crippen LogP contribution is -2.57. The van der Waals surface area contributed by atoms with E-state index >= 15 is 0 Å². The predicted molar refractivity (Wildman–Crippen MR) is 136 cm³/mol. The van der Waals surface area contributed by atoms with Crippen LogP contribution in [0.25, 0.3) is 17.0 Å². The quantitative estimate of drug-likeness (QED) is 0.410. The number of rotatable bonds is 3. The van der Waals surface area contributed by atoms with Gasteiger partial charge in [-0.05, 0) is 86.7 Å². The van der Waals surface area contributed by atoms with Crippen molar-refractivity contribution in [3.8, 4) is 0 Å². The van der Waals surface area contributed by atoms with Crippen LogP contribution in [-0.4, -0.2) is 21.1 Å². The lowest BCUT2D eigenvalue weighted by atomic mass is 9.49. The number of nitrogens with one attached hydrogen (secondary N) is 1. The van der Waals surface area contributed by atoms with Gasteiger partial charge in [-0.25, -0.2) is 0 Å². The van der Waals surface area contributed by atoms with Crippen LogP contribution in [0.3, 0.4) is 0 Å². The Morgan fingerprint density at radius 3 is 2.44 bits per heavy atom. The number of nitrogens with zero attached hydrogens (tertiary/aromatic N) is 1. The SMILES string of the molecule is O=C1/C(=C/c2coc3c(Cl)cc(Cl)cc3c2=O)SC(=S)N1NC(=O)C12CC3CC(CC(C3)C1)C2. The minimum absolute atomic E-state index is 0.112. The van der Waals surface area contributed by atoms with Crippen LogP contribution < -0.4 is 10.9 Å². The number of amides is 2. The van der Waals surface area contributed by atoms with Crippen molar-refractivity contribution in [2.75, 3.05) is 0 Å². The summed E-state index contributed by atoms with van der Waals surface area (Å²) in [5, 5.41) is 1.89. The van der Waals surface area contributed by atoms with Crippen LogP contribution in [0.1, 0.15) is 44.1 Å². The third-order valence-electron chi connectivity index (χ3n) is 7.63. The molecule has 176 valence electrons. The highest BCUT2D eigenvalue weighted by molar-refractivity contribution is 8.26. The monoisotopic (exact) mass is 534 g/mol.